The van der Waals surface area contributed by atoms with E-state index in [4.69, 9.17) is 9.72 Å². The number of aryl methyl sites for hydroxylation is 3. The number of ether oxygens (including phenoxy) is 1. The summed E-state index contributed by atoms with van der Waals surface area (Å²) in [6, 6.07) is 41.4. The molecule has 9 bridgehead atoms. The lowest BCUT2D eigenvalue weighted by Gasteiger charge is -2.12. The predicted molar refractivity (Wildman–Crippen MR) is 195 cm³/mol. The van der Waals surface area contributed by atoms with E-state index in [1.54, 1.807) is 0 Å². The summed E-state index contributed by atoms with van der Waals surface area (Å²) in [6.07, 6.45) is 7.36. The maximum absolute atomic E-state index is 6.40. The van der Waals surface area contributed by atoms with Crippen molar-refractivity contribution in [3.05, 3.63) is 133 Å². The van der Waals surface area contributed by atoms with Crippen LogP contribution in [-0.2, 0) is 19.9 Å². The van der Waals surface area contributed by atoms with Crippen molar-refractivity contribution in [1.82, 2.24) is 23.7 Å². The van der Waals surface area contributed by atoms with Gasteiger partial charge in [0.1, 0.15) is 5.75 Å². The van der Waals surface area contributed by atoms with Gasteiger partial charge in [-0.15, -0.1) is 0 Å². The van der Waals surface area contributed by atoms with Crippen LogP contribution >= 0.6 is 0 Å². The Morgan fingerprint density at radius 3 is 2.10 bits per heavy atom. The Bertz CT molecular complexity index is 2710. The van der Waals surface area contributed by atoms with Crippen molar-refractivity contribution < 1.29 is 4.74 Å². The molecule has 6 heteroatoms. The van der Waals surface area contributed by atoms with Crippen molar-refractivity contribution in [1.29, 1.82) is 0 Å². The minimum atomic E-state index is 0.627. The number of benzene rings is 5. The molecule has 0 saturated heterocycles. The fourth-order valence-corrected chi connectivity index (χ4v) is 7.81. The molecule has 5 heterocycles. The molecule has 1 aliphatic heterocycles. The number of hydrogen-bond donors (Lipinski definition) is 0. The number of rotatable bonds is 0. The molecule has 0 amide bonds. The van der Waals surface area contributed by atoms with E-state index in [9.17, 15) is 0 Å². The highest BCUT2D eigenvalue weighted by molar-refractivity contribution is 6.19. The van der Waals surface area contributed by atoms with Gasteiger partial charge in [0.05, 0.1) is 33.1 Å². The lowest BCUT2D eigenvalue weighted by molar-refractivity contribution is 0.462. The fourth-order valence-electron chi connectivity index (χ4n) is 7.81. The molecule has 0 aliphatic carbocycles. The summed E-state index contributed by atoms with van der Waals surface area (Å²) in [5, 5.41) is 4.86. The number of imidazole rings is 1. The normalized spacial score (nSPS) is 13.7. The molecule has 0 unspecified atom stereocenters. The van der Waals surface area contributed by atoms with Crippen LogP contribution in [0.5, 0.6) is 11.6 Å². The predicted octanol–water partition coefficient (Wildman–Crippen LogP) is 10.2. The Balaban J connectivity index is 1.28. The highest BCUT2D eigenvalue weighted by atomic mass is 16.5. The summed E-state index contributed by atoms with van der Waals surface area (Å²) in [7, 11) is 2.15. The van der Waals surface area contributed by atoms with Gasteiger partial charge in [-0.25, -0.2) is 9.97 Å². The molecule has 0 saturated carbocycles. The van der Waals surface area contributed by atoms with Gasteiger partial charge >= 0.3 is 0 Å². The second kappa shape index (κ2) is 10.6. The molecule has 48 heavy (non-hydrogen) atoms. The Labute approximate surface area is 277 Å². The number of nitrogens with zero attached hydrogens (tertiary/aromatic N) is 5. The van der Waals surface area contributed by atoms with Crippen molar-refractivity contribution in [2.24, 2.45) is 7.05 Å². The van der Waals surface area contributed by atoms with Crippen molar-refractivity contribution in [2.45, 2.75) is 32.1 Å². The van der Waals surface area contributed by atoms with Gasteiger partial charge in [0, 0.05) is 52.6 Å². The summed E-state index contributed by atoms with van der Waals surface area (Å²) in [5.41, 5.74) is 10.4. The molecule has 232 valence electrons. The average Bonchev–Trinajstić information content (AvgIpc) is 3.73. The van der Waals surface area contributed by atoms with Crippen LogP contribution in [0.3, 0.4) is 0 Å². The molecule has 6 nitrogen and oxygen atoms in total. The van der Waals surface area contributed by atoms with Crippen LogP contribution in [0.15, 0.2) is 121 Å². The number of para-hydroxylation sites is 2. The van der Waals surface area contributed by atoms with Crippen molar-refractivity contribution in [3.8, 4) is 23.3 Å². The van der Waals surface area contributed by atoms with Crippen LogP contribution < -0.4 is 4.74 Å². The van der Waals surface area contributed by atoms with Gasteiger partial charge in [0.2, 0.25) is 11.8 Å². The van der Waals surface area contributed by atoms with Gasteiger partial charge < -0.3 is 13.9 Å². The minimum absolute atomic E-state index is 0.627. The molecule has 9 aromatic rings. The first-order valence-corrected chi connectivity index (χ1v) is 16.8. The molecule has 0 N–H and O–H groups in total. The first-order chi connectivity index (χ1) is 23.7. The van der Waals surface area contributed by atoms with Gasteiger partial charge in [0.25, 0.3) is 0 Å². The van der Waals surface area contributed by atoms with Crippen LogP contribution in [0, 0.1) is 0 Å². The largest absolute Gasteiger partial charge is 0.439 e. The van der Waals surface area contributed by atoms with Gasteiger partial charge in [-0.1, -0.05) is 55.0 Å². The summed E-state index contributed by atoms with van der Waals surface area (Å²) >= 11 is 0. The fraction of sp³-hybridized carbons (Fsp3) is 0.143. The molecular weight excluding hydrogens is 590 g/mol. The highest BCUT2D eigenvalue weighted by Gasteiger charge is 2.21. The van der Waals surface area contributed by atoms with Gasteiger partial charge in [0.15, 0.2) is 0 Å². The van der Waals surface area contributed by atoms with Crippen molar-refractivity contribution in [3.63, 3.8) is 0 Å². The smallest absolute Gasteiger partial charge is 0.219 e. The number of hydrogen-bond acceptors (Lipinski definition) is 3. The number of fused-ring (bicyclic) bond motifs is 14. The zero-order chi connectivity index (χ0) is 31.8. The summed E-state index contributed by atoms with van der Waals surface area (Å²) in [5.74, 6) is 2.31. The van der Waals surface area contributed by atoms with E-state index in [1.165, 1.54) is 32.7 Å². The van der Waals surface area contributed by atoms with E-state index in [1.807, 2.05) is 12.3 Å². The Hall–Kier alpha value is -5.88. The second-order valence-electron chi connectivity index (χ2n) is 13.0. The molecule has 0 radical (unpaired) electrons. The van der Waals surface area contributed by atoms with Gasteiger partial charge in [-0.3, -0.25) is 4.57 Å². The van der Waals surface area contributed by atoms with Crippen LogP contribution in [0.2, 0.25) is 0 Å². The zero-order valence-corrected chi connectivity index (χ0v) is 26.7. The van der Waals surface area contributed by atoms with Crippen LogP contribution in [0.4, 0.5) is 0 Å². The third kappa shape index (κ3) is 4.19. The van der Waals surface area contributed by atoms with E-state index < -0.39 is 0 Å². The average molecular weight is 624 g/mol. The molecule has 0 fully saturated rings. The molecule has 1 aliphatic rings. The maximum Gasteiger partial charge on any atom is 0.219 e. The summed E-state index contributed by atoms with van der Waals surface area (Å²) in [4.78, 5) is 9.82. The molecular formula is C42H33N5O. The van der Waals surface area contributed by atoms with Crippen LogP contribution in [-0.4, -0.2) is 23.7 Å². The minimum Gasteiger partial charge on any atom is -0.439 e. The lowest BCUT2D eigenvalue weighted by Crippen LogP contribution is -2.03. The quantitative estimate of drug-likeness (QED) is 0.169. The SMILES string of the molecule is Cn1c2nc3ccc(cc31)CCCCCc1ccnc(c1)Oc1cccc(c1)-n1c3ccccc3c3cc4c5ccccc5n-2c4cc31. The van der Waals surface area contributed by atoms with Gasteiger partial charge in [-0.2, -0.15) is 0 Å². The van der Waals surface area contributed by atoms with E-state index >= 15 is 0 Å². The Morgan fingerprint density at radius 1 is 0.562 bits per heavy atom. The van der Waals surface area contributed by atoms with Crippen LogP contribution in [0.1, 0.15) is 30.4 Å². The van der Waals surface area contributed by atoms with Crippen molar-refractivity contribution >= 4 is 54.6 Å². The molecule has 5 aromatic carbocycles. The second-order valence-corrected chi connectivity index (χ2v) is 13.0. The monoisotopic (exact) mass is 623 g/mol. The molecule has 0 atom stereocenters. The molecule has 10 rings (SSSR count). The topological polar surface area (TPSA) is 49.8 Å². The zero-order valence-electron chi connectivity index (χ0n) is 26.7. The van der Waals surface area contributed by atoms with E-state index in [0.717, 1.165) is 82.6 Å². The first kappa shape index (κ1) is 27.3. The molecule has 0 spiro atoms. The number of aromatic nitrogens is 5. The third-order valence-electron chi connectivity index (χ3n) is 10.1. The van der Waals surface area contributed by atoms with E-state index in [0.29, 0.717) is 5.88 Å². The Morgan fingerprint density at radius 2 is 1.29 bits per heavy atom. The van der Waals surface area contributed by atoms with E-state index in [2.05, 4.69) is 135 Å². The first-order valence-electron chi connectivity index (χ1n) is 16.8. The molecule has 4 aromatic heterocycles. The maximum atomic E-state index is 6.40. The van der Waals surface area contributed by atoms with Crippen LogP contribution in [0.25, 0.3) is 66.3 Å². The number of pyridine rings is 1. The summed E-state index contributed by atoms with van der Waals surface area (Å²) in [6.45, 7) is 0. The lowest BCUT2D eigenvalue weighted by atomic mass is 10.0. The van der Waals surface area contributed by atoms with E-state index in [-0.39, 0.29) is 0 Å². The van der Waals surface area contributed by atoms with Gasteiger partial charge in [-0.05, 0) is 91.4 Å². The summed E-state index contributed by atoms with van der Waals surface area (Å²) < 4.78 is 13.4. The highest BCUT2D eigenvalue weighted by Crippen LogP contribution is 2.40. The standard InChI is InChI=1S/C42H33N5O/c1-45-40-22-27-10-3-2-4-11-28-20-21-43-41(23-28)48-30-13-9-12-29(24-30)46-36-16-7-5-14-31(36)33-25-34-32-15-6-8-17-37(32)47(39(34)26-38(33)46)42(45)44-35(40)19-18-27/h5-9,12-26H,2-4,10-11H2,1H3. The Kier molecular flexibility index (Phi) is 6.00. The van der Waals surface area contributed by atoms with Crippen molar-refractivity contribution in [2.75, 3.05) is 0 Å². The third-order valence-corrected chi connectivity index (χ3v) is 10.1.